The molecule has 0 bridgehead atoms. The van der Waals surface area contributed by atoms with Crippen molar-refractivity contribution in [3.8, 4) is 17.3 Å². The van der Waals surface area contributed by atoms with Gasteiger partial charge in [-0.25, -0.2) is 9.67 Å². The number of aromatic nitrogens is 5. The first-order valence-electron chi connectivity index (χ1n) is 10.9. The van der Waals surface area contributed by atoms with Crippen LogP contribution in [0.5, 0.6) is 11.5 Å². The molecule has 1 fully saturated rings. The second-order valence-corrected chi connectivity index (χ2v) is 8.01. The third-order valence-electron chi connectivity index (χ3n) is 6.13. The predicted octanol–water partition coefficient (Wildman–Crippen LogP) is 2.64. The van der Waals surface area contributed by atoms with Gasteiger partial charge in [0, 0.05) is 37.3 Å². The number of carbonyl (C=O) groups is 1. The highest BCUT2D eigenvalue weighted by atomic mass is 16.5. The number of nitrogens with zero attached hydrogens (tertiary/aromatic N) is 7. The zero-order chi connectivity index (χ0) is 22.2. The summed E-state index contributed by atoms with van der Waals surface area (Å²) in [7, 11) is 0. The number of benzene rings is 2. The van der Waals surface area contributed by atoms with Crippen LogP contribution in [0.15, 0.2) is 73.3 Å². The number of amides is 1. The molecule has 2 aliphatic heterocycles. The van der Waals surface area contributed by atoms with E-state index in [0.717, 1.165) is 28.4 Å². The summed E-state index contributed by atoms with van der Waals surface area (Å²) in [6, 6.07) is 19.4. The van der Waals surface area contributed by atoms with E-state index >= 15 is 0 Å². The van der Waals surface area contributed by atoms with E-state index in [0.29, 0.717) is 32.0 Å². The lowest BCUT2D eigenvalue weighted by molar-refractivity contribution is -0.132. The molecule has 0 N–H and O–H groups in total. The number of ether oxygens (including phenoxy) is 1. The monoisotopic (exact) mass is 439 g/mol. The molecule has 0 atom stereocenters. The summed E-state index contributed by atoms with van der Waals surface area (Å²) in [5.41, 5.74) is 1.83. The Balaban J connectivity index is 1.19. The fraction of sp³-hybridized carbons (Fsp3) is 0.208. The topological polar surface area (TPSA) is 89.3 Å². The lowest BCUT2D eigenvalue weighted by Crippen LogP contribution is -2.50. The van der Waals surface area contributed by atoms with Crippen LogP contribution in [0.2, 0.25) is 0 Å². The maximum Gasteiger partial charge on any atom is 0.234 e. The molecule has 2 aliphatic rings. The second kappa shape index (κ2) is 8.01. The minimum atomic E-state index is -0.362. The van der Waals surface area contributed by atoms with Crippen molar-refractivity contribution in [3.63, 3.8) is 0 Å². The SMILES string of the molecule is O=C(C1c2ccccc2Oc2ccccc21)N1CCN(c2ccc(-n3cncn3)nn2)CC1. The molecule has 0 unspecified atom stereocenters. The molecule has 9 nitrogen and oxygen atoms in total. The van der Waals surface area contributed by atoms with Crippen molar-refractivity contribution < 1.29 is 9.53 Å². The van der Waals surface area contributed by atoms with E-state index in [1.807, 2.05) is 65.6 Å². The van der Waals surface area contributed by atoms with E-state index < -0.39 is 0 Å². The fourth-order valence-corrected chi connectivity index (χ4v) is 4.45. The molecule has 1 saturated heterocycles. The molecule has 2 aromatic heterocycles. The highest BCUT2D eigenvalue weighted by Gasteiger charge is 2.36. The number of fused-ring (bicyclic) bond motifs is 2. The largest absolute Gasteiger partial charge is 0.457 e. The molecule has 0 saturated carbocycles. The zero-order valence-corrected chi connectivity index (χ0v) is 17.8. The predicted molar refractivity (Wildman–Crippen MR) is 121 cm³/mol. The molecule has 9 heteroatoms. The number of para-hydroxylation sites is 2. The van der Waals surface area contributed by atoms with Crippen LogP contribution in [-0.2, 0) is 4.79 Å². The van der Waals surface area contributed by atoms with Crippen LogP contribution in [0.25, 0.3) is 5.82 Å². The Morgan fingerprint density at radius 1 is 0.818 bits per heavy atom. The summed E-state index contributed by atoms with van der Waals surface area (Å²) in [4.78, 5) is 21.7. The van der Waals surface area contributed by atoms with E-state index in [4.69, 9.17) is 4.74 Å². The Labute approximate surface area is 190 Å². The number of carbonyl (C=O) groups excluding carboxylic acids is 1. The smallest absolute Gasteiger partial charge is 0.234 e. The Morgan fingerprint density at radius 3 is 2.06 bits per heavy atom. The van der Waals surface area contributed by atoms with Gasteiger partial charge in [0.25, 0.3) is 0 Å². The minimum absolute atomic E-state index is 0.102. The lowest BCUT2D eigenvalue weighted by atomic mass is 9.86. The van der Waals surface area contributed by atoms with Crippen LogP contribution in [0.1, 0.15) is 17.0 Å². The first-order valence-corrected chi connectivity index (χ1v) is 10.9. The van der Waals surface area contributed by atoms with Crippen LogP contribution >= 0.6 is 0 Å². The van der Waals surface area contributed by atoms with Gasteiger partial charge in [-0.2, -0.15) is 5.10 Å². The van der Waals surface area contributed by atoms with Crippen LogP contribution in [0.4, 0.5) is 5.82 Å². The maximum atomic E-state index is 13.7. The van der Waals surface area contributed by atoms with Crippen LogP contribution in [0, 0.1) is 0 Å². The normalized spacial score (nSPS) is 15.5. The van der Waals surface area contributed by atoms with E-state index in [2.05, 4.69) is 25.2 Å². The van der Waals surface area contributed by atoms with Crippen molar-refractivity contribution in [3.05, 3.63) is 84.4 Å². The fourth-order valence-electron chi connectivity index (χ4n) is 4.45. The molecule has 164 valence electrons. The van der Waals surface area contributed by atoms with Crippen molar-refractivity contribution in [2.45, 2.75) is 5.92 Å². The molecule has 1 amide bonds. The summed E-state index contributed by atoms with van der Waals surface area (Å²) in [5.74, 6) is 2.63. The molecule has 4 heterocycles. The summed E-state index contributed by atoms with van der Waals surface area (Å²) in [5, 5.41) is 12.7. The molecular formula is C24H21N7O2. The van der Waals surface area contributed by atoms with Crippen molar-refractivity contribution >= 4 is 11.7 Å². The average Bonchev–Trinajstić information content (AvgIpc) is 3.42. The van der Waals surface area contributed by atoms with Gasteiger partial charge in [0.05, 0.1) is 5.92 Å². The quantitative estimate of drug-likeness (QED) is 0.485. The molecular weight excluding hydrogens is 418 g/mol. The molecule has 2 aromatic carbocycles. The van der Waals surface area contributed by atoms with Gasteiger partial charge < -0.3 is 14.5 Å². The van der Waals surface area contributed by atoms with Gasteiger partial charge in [-0.05, 0) is 24.3 Å². The Kier molecular flexibility index (Phi) is 4.71. The third kappa shape index (κ3) is 3.47. The van der Waals surface area contributed by atoms with Crippen LogP contribution in [0.3, 0.4) is 0 Å². The first kappa shape index (κ1) is 19.4. The van der Waals surface area contributed by atoms with E-state index in [-0.39, 0.29) is 11.8 Å². The van der Waals surface area contributed by atoms with E-state index in [9.17, 15) is 4.79 Å². The van der Waals surface area contributed by atoms with Gasteiger partial charge in [0.1, 0.15) is 24.2 Å². The molecule has 0 radical (unpaired) electrons. The van der Waals surface area contributed by atoms with Crippen molar-refractivity contribution in [1.82, 2.24) is 29.9 Å². The molecule has 6 rings (SSSR count). The Bertz CT molecular complexity index is 1240. The Hall–Kier alpha value is -4.27. The summed E-state index contributed by atoms with van der Waals surface area (Å²) in [6.45, 7) is 2.62. The number of rotatable bonds is 3. The summed E-state index contributed by atoms with van der Waals surface area (Å²) in [6.07, 6.45) is 3.04. The van der Waals surface area contributed by atoms with Crippen molar-refractivity contribution in [2.24, 2.45) is 0 Å². The van der Waals surface area contributed by atoms with Crippen LogP contribution in [-0.4, -0.2) is 61.9 Å². The molecule has 4 aromatic rings. The second-order valence-electron chi connectivity index (χ2n) is 8.01. The summed E-state index contributed by atoms with van der Waals surface area (Å²) >= 11 is 0. The third-order valence-corrected chi connectivity index (χ3v) is 6.13. The first-order chi connectivity index (χ1) is 16.3. The van der Waals surface area contributed by atoms with Crippen LogP contribution < -0.4 is 9.64 Å². The number of anilines is 1. The highest BCUT2D eigenvalue weighted by molar-refractivity contribution is 5.90. The molecule has 33 heavy (non-hydrogen) atoms. The van der Waals surface area contributed by atoms with Gasteiger partial charge in [-0.3, -0.25) is 4.79 Å². The highest BCUT2D eigenvalue weighted by Crippen LogP contribution is 2.44. The average molecular weight is 439 g/mol. The van der Waals surface area contributed by atoms with Gasteiger partial charge in [-0.15, -0.1) is 10.2 Å². The van der Waals surface area contributed by atoms with Gasteiger partial charge >= 0.3 is 0 Å². The standard InChI is InChI=1S/C24H21N7O2/c32-24(23-17-5-1-3-7-19(17)33-20-8-4-2-6-18(20)23)30-13-11-29(12-14-30)21-9-10-22(28-27-21)31-16-25-15-26-31/h1-10,15-16,23H,11-14H2. The van der Waals surface area contributed by atoms with Gasteiger partial charge in [0.15, 0.2) is 11.6 Å². The zero-order valence-electron chi connectivity index (χ0n) is 17.8. The van der Waals surface area contributed by atoms with Gasteiger partial charge in [0.2, 0.25) is 5.91 Å². The number of hydrogen-bond donors (Lipinski definition) is 0. The molecule has 0 aliphatic carbocycles. The lowest BCUT2D eigenvalue weighted by Gasteiger charge is -2.38. The maximum absolute atomic E-state index is 13.7. The number of hydrogen-bond acceptors (Lipinski definition) is 7. The summed E-state index contributed by atoms with van der Waals surface area (Å²) < 4.78 is 7.62. The Morgan fingerprint density at radius 2 is 1.45 bits per heavy atom. The number of piperazine rings is 1. The molecule has 0 spiro atoms. The van der Waals surface area contributed by atoms with Crippen molar-refractivity contribution in [2.75, 3.05) is 31.1 Å². The van der Waals surface area contributed by atoms with E-state index in [1.54, 1.807) is 11.0 Å². The van der Waals surface area contributed by atoms with Crippen molar-refractivity contribution in [1.29, 1.82) is 0 Å². The van der Waals surface area contributed by atoms with Gasteiger partial charge in [-0.1, -0.05) is 36.4 Å². The minimum Gasteiger partial charge on any atom is -0.457 e. The van der Waals surface area contributed by atoms with E-state index in [1.165, 1.54) is 6.33 Å².